The lowest BCUT2D eigenvalue weighted by Gasteiger charge is -2.20. The number of aromatic nitrogens is 1. The molecule has 230 valence electrons. The summed E-state index contributed by atoms with van der Waals surface area (Å²) in [6, 6.07) is 25.0. The van der Waals surface area contributed by atoms with Gasteiger partial charge in [-0.3, -0.25) is 14.2 Å². The maximum atomic E-state index is 14.7. The summed E-state index contributed by atoms with van der Waals surface area (Å²) >= 11 is 0. The van der Waals surface area contributed by atoms with Gasteiger partial charge in [-0.25, -0.2) is 13.1 Å². The van der Waals surface area contributed by atoms with E-state index in [1.165, 1.54) is 16.7 Å². The molecule has 4 heterocycles. The summed E-state index contributed by atoms with van der Waals surface area (Å²) in [4.78, 5) is 28.6. The Hall–Kier alpha value is -5.75. The number of pyridine rings is 1. The number of amides is 1. The van der Waals surface area contributed by atoms with Crippen LogP contribution < -0.4 is 29.2 Å². The van der Waals surface area contributed by atoms with Gasteiger partial charge in [0, 0.05) is 10.9 Å². The predicted molar refractivity (Wildman–Crippen MR) is 167 cm³/mol. The minimum atomic E-state index is -4.35. The topological polar surface area (TPSA) is 135 Å². The second-order valence-corrected chi connectivity index (χ2v) is 12.4. The second-order valence-electron chi connectivity index (χ2n) is 10.7. The zero-order chi connectivity index (χ0) is 31.4. The molecule has 4 aromatic carbocycles. The van der Waals surface area contributed by atoms with Crippen LogP contribution >= 0.6 is 0 Å². The average Bonchev–Trinajstić information content (AvgIpc) is 3.70. The number of furan rings is 1. The fourth-order valence-electron chi connectivity index (χ4n) is 5.82. The summed E-state index contributed by atoms with van der Waals surface area (Å²) in [5, 5.41) is 0.637. The highest BCUT2D eigenvalue weighted by molar-refractivity contribution is 7.90. The van der Waals surface area contributed by atoms with E-state index in [4.69, 9.17) is 23.4 Å². The molecule has 0 radical (unpaired) electrons. The van der Waals surface area contributed by atoms with E-state index < -0.39 is 27.1 Å². The van der Waals surface area contributed by atoms with Gasteiger partial charge in [-0.2, -0.15) is 0 Å². The molecule has 1 amide bonds. The molecule has 0 unspecified atom stereocenters. The number of sulfonamides is 1. The molecule has 0 saturated carbocycles. The van der Waals surface area contributed by atoms with Crippen molar-refractivity contribution in [3.63, 3.8) is 0 Å². The summed E-state index contributed by atoms with van der Waals surface area (Å²) in [5.41, 5.74) is 1.22. The minimum Gasteiger partial charge on any atom is -0.486 e. The van der Waals surface area contributed by atoms with E-state index >= 15 is 0 Å². The molecule has 8 rings (SSSR count). The van der Waals surface area contributed by atoms with Crippen molar-refractivity contribution in [3.05, 3.63) is 112 Å². The van der Waals surface area contributed by atoms with Gasteiger partial charge in [0.2, 0.25) is 6.79 Å². The molecule has 11 nitrogen and oxygen atoms in total. The third-order valence-electron chi connectivity index (χ3n) is 7.89. The Morgan fingerprint density at radius 2 is 1.48 bits per heavy atom. The van der Waals surface area contributed by atoms with Crippen molar-refractivity contribution in [1.29, 1.82) is 0 Å². The number of fused-ring (bicyclic) bond motifs is 5. The van der Waals surface area contributed by atoms with Gasteiger partial charge < -0.3 is 23.4 Å². The fraction of sp³-hybridized carbons (Fsp3) is 0.118. The number of benzene rings is 4. The Balaban J connectivity index is 1.40. The van der Waals surface area contributed by atoms with Crippen LogP contribution in [0.2, 0.25) is 0 Å². The number of ether oxygens (including phenoxy) is 4. The number of rotatable bonds is 6. The summed E-state index contributed by atoms with van der Waals surface area (Å²) in [6.07, 6.45) is 0. The summed E-state index contributed by atoms with van der Waals surface area (Å²) < 4.78 is 59.1. The molecule has 0 aliphatic carbocycles. The van der Waals surface area contributed by atoms with Crippen LogP contribution in [0.25, 0.3) is 33.2 Å². The third-order valence-corrected chi connectivity index (χ3v) is 9.24. The zero-order valence-corrected chi connectivity index (χ0v) is 24.8. The van der Waals surface area contributed by atoms with Gasteiger partial charge in [-0.1, -0.05) is 42.5 Å². The molecule has 2 aliphatic rings. The van der Waals surface area contributed by atoms with Gasteiger partial charge in [0.05, 0.1) is 17.0 Å². The Morgan fingerprint density at radius 3 is 2.33 bits per heavy atom. The van der Waals surface area contributed by atoms with Gasteiger partial charge >= 0.3 is 0 Å². The van der Waals surface area contributed by atoms with Crippen molar-refractivity contribution in [2.45, 2.75) is 11.4 Å². The number of nitrogens with zero attached hydrogens (tertiary/aromatic N) is 1. The van der Waals surface area contributed by atoms with Crippen LogP contribution in [0.4, 0.5) is 0 Å². The first-order valence-electron chi connectivity index (χ1n) is 14.4. The second kappa shape index (κ2) is 10.7. The molecule has 0 saturated heterocycles. The molecule has 1 N–H and O–H groups in total. The first-order valence-corrected chi connectivity index (χ1v) is 15.8. The van der Waals surface area contributed by atoms with Gasteiger partial charge in [0.1, 0.15) is 24.4 Å². The van der Waals surface area contributed by atoms with Gasteiger partial charge in [0.25, 0.3) is 21.5 Å². The van der Waals surface area contributed by atoms with Gasteiger partial charge in [-0.05, 0) is 59.7 Å². The summed E-state index contributed by atoms with van der Waals surface area (Å²) in [7, 11) is -4.35. The van der Waals surface area contributed by atoms with E-state index in [2.05, 4.69) is 4.72 Å². The molecular formula is C34H24N2O9S. The van der Waals surface area contributed by atoms with Gasteiger partial charge in [0.15, 0.2) is 28.6 Å². The normalized spacial score (nSPS) is 13.7. The summed E-state index contributed by atoms with van der Waals surface area (Å²) in [6.45, 7) is 0.791. The van der Waals surface area contributed by atoms with Crippen LogP contribution in [0.5, 0.6) is 23.0 Å². The van der Waals surface area contributed by atoms with E-state index in [1.807, 2.05) is 12.1 Å². The van der Waals surface area contributed by atoms with Crippen LogP contribution in [-0.4, -0.2) is 38.9 Å². The number of carbonyl (C=O) groups excluding carboxylic acids is 1. The highest BCUT2D eigenvalue weighted by Gasteiger charge is 2.31. The molecule has 6 aromatic rings. The quantitative estimate of drug-likeness (QED) is 0.266. The molecule has 0 spiro atoms. The minimum absolute atomic E-state index is 0.0165. The SMILES string of the molecule is O=C(NS(=O)(=O)c1ccccc1)c1c(-c2ccc3c(c2)OCCO3)c2oc3ccccc3c2n(Cc2ccc3c(c2)OCO3)c1=O. The fourth-order valence-corrected chi connectivity index (χ4v) is 6.80. The van der Waals surface area contributed by atoms with Crippen LogP contribution in [0.3, 0.4) is 0 Å². The Bertz CT molecular complexity index is 2360. The van der Waals surface area contributed by atoms with Crippen molar-refractivity contribution < 1.29 is 36.6 Å². The number of carbonyl (C=O) groups is 1. The lowest BCUT2D eigenvalue weighted by molar-refractivity contribution is 0.0980. The van der Waals surface area contributed by atoms with Crippen LogP contribution in [-0.2, 0) is 16.6 Å². The first kappa shape index (κ1) is 27.8. The number of nitrogens with one attached hydrogen (secondary N) is 1. The molecule has 2 aromatic heterocycles. The standard InChI is InChI=1S/C34H24N2O9S/c37-33(35-46(39,40)22-6-2-1-3-7-22)30-29(21-11-13-25-28(17-21)42-15-14-41-25)32-31(23-8-4-5-9-24(23)45-32)36(34(30)38)18-20-10-12-26-27(16-20)44-19-43-26/h1-13,16-17H,14-15,18-19H2,(H,35,37). The zero-order valence-electron chi connectivity index (χ0n) is 24.0. The van der Waals surface area contributed by atoms with Crippen molar-refractivity contribution in [3.8, 4) is 34.1 Å². The van der Waals surface area contributed by atoms with Crippen molar-refractivity contribution in [2.24, 2.45) is 0 Å². The molecule has 0 atom stereocenters. The largest absolute Gasteiger partial charge is 0.486 e. The first-order chi connectivity index (χ1) is 22.4. The predicted octanol–water partition coefficient (Wildman–Crippen LogP) is 5.08. The maximum absolute atomic E-state index is 14.7. The third kappa shape index (κ3) is 4.61. The van der Waals surface area contributed by atoms with Crippen molar-refractivity contribution in [1.82, 2.24) is 9.29 Å². The lowest BCUT2D eigenvalue weighted by atomic mass is 9.98. The number of hydrogen-bond donors (Lipinski definition) is 1. The van der Waals surface area contributed by atoms with E-state index in [0.29, 0.717) is 63.8 Å². The van der Waals surface area contributed by atoms with Crippen LogP contribution in [0.1, 0.15) is 15.9 Å². The van der Waals surface area contributed by atoms with E-state index in [9.17, 15) is 18.0 Å². The maximum Gasteiger partial charge on any atom is 0.271 e. The van der Waals surface area contributed by atoms with E-state index in [1.54, 1.807) is 66.7 Å². The molecule has 12 heteroatoms. The van der Waals surface area contributed by atoms with Crippen LogP contribution in [0.15, 0.2) is 105 Å². The lowest BCUT2D eigenvalue weighted by Crippen LogP contribution is -2.37. The molecule has 46 heavy (non-hydrogen) atoms. The van der Waals surface area contributed by atoms with Crippen molar-refractivity contribution in [2.75, 3.05) is 20.0 Å². The highest BCUT2D eigenvalue weighted by atomic mass is 32.2. The van der Waals surface area contributed by atoms with E-state index in [-0.39, 0.29) is 29.4 Å². The smallest absolute Gasteiger partial charge is 0.271 e. The Labute approximate surface area is 261 Å². The van der Waals surface area contributed by atoms with Crippen molar-refractivity contribution >= 4 is 38.0 Å². The Kier molecular flexibility index (Phi) is 6.46. The summed E-state index contributed by atoms with van der Waals surface area (Å²) in [5.74, 6) is 0.916. The highest BCUT2D eigenvalue weighted by Crippen LogP contribution is 2.41. The Morgan fingerprint density at radius 1 is 0.783 bits per heavy atom. The van der Waals surface area contributed by atoms with Crippen LogP contribution in [0, 0.1) is 0 Å². The molecule has 0 fully saturated rings. The molecule has 0 bridgehead atoms. The number of para-hydroxylation sites is 1. The molecule has 2 aliphatic heterocycles. The number of hydrogen-bond acceptors (Lipinski definition) is 9. The van der Waals surface area contributed by atoms with Gasteiger partial charge in [-0.15, -0.1) is 0 Å². The van der Waals surface area contributed by atoms with E-state index in [0.717, 1.165) is 0 Å². The molecular weight excluding hydrogens is 612 g/mol. The average molecular weight is 637 g/mol. The monoisotopic (exact) mass is 636 g/mol.